The van der Waals surface area contributed by atoms with E-state index >= 15 is 0 Å². The van der Waals surface area contributed by atoms with Gasteiger partial charge >= 0.3 is 0 Å². The van der Waals surface area contributed by atoms with Crippen molar-refractivity contribution in [2.75, 3.05) is 6.66 Å². The number of nitrogens with zero attached hydrogens (tertiary/aromatic N) is 1. The maximum atomic E-state index is 8.82. The van der Waals surface area contributed by atoms with E-state index in [1.165, 1.54) is 0 Å². The molecule has 1 aromatic heterocycles. The standard InChI is InChI=1S/C6H8NO2P.C5H8/c1-10(8)9-6-3-2-4-7-5-6;1-3-5-4-2/h2-5,8H,1H3;3-5H,1H2,2H3/b;5-4-. The molecule has 0 saturated carbocycles. The van der Waals surface area contributed by atoms with E-state index in [0.29, 0.717) is 5.75 Å². The smallest absolute Gasteiger partial charge is 0.224 e. The van der Waals surface area contributed by atoms with Crippen molar-refractivity contribution in [1.29, 1.82) is 0 Å². The molecular formula is C11H16NO2P. The molecule has 0 bridgehead atoms. The lowest BCUT2D eigenvalue weighted by Gasteiger charge is -2.04. The molecule has 3 nitrogen and oxygen atoms in total. The second-order valence-electron chi connectivity index (χ2n) is 2.51. The van der Waals surface area contributed by atoms with E-state index in [1.807, 2.05) is 19.1 Å². The third-order valence-corrected chi connectivity index (χ3v) is 1.68. The zero-order valence-electron chi connectivity index (χ0n) is 9.00. The van der Waals surface area contributed by atoms with Crippen LogP contribution in [0.1, 0.15) is 6.92 Å². The van der Waals surface area contributed by atoms with Crippen LogP contribution < -0.4 is 4.52 Å². The molecule has 1 rings (SSSR count). The summed E-state index contributed by atoms with van der Waals surface area (Å²) < 4.78 is 4.97. The molecule has 0 radical (unpaired) electrons. The number of pyridine rings is 1. The zero-order valence-corrected chi connectivity index (χ0v) is 9.89. The Bertz CT molecular complexity index is 286. The van der Waals surface area contributed by atoms with Gasteiger partial charge in [0.25, 0.3) is 0 Å². The van der Waals surface area contributed by atoms with Crippen molar-refractivity contribution in [3.05, 3.63) is 49.3 Å². The Morgan fingerprint density at radius 2 is 2.33 bits per heavy atom. The number of allylic oxidation sites excluding steroid dienone is 3. The summed E-state index contributed by atoms with van der Waals surface area (Å²) in [4.78, 5) is 12.6. The molecule has 1 atom stereocenters. The lowest BCUT2D eigenvalue weighted by molar-refractivity contribution is 0.493. The fraction of sp³-hybridized carbons (Fsp3) is 0.182. The molecule has 1 N–H and O–H groups in total. The summed E-state index contributed by atoms with van der Waals surface area (Å²) in [5.74, 6) is 0.610. The molecule has 82 valence electrons. The van der Waals surface area contributed by atoms with Gasteiger partial charge in [0.2, 0.25) is 8.38 Å². The van der Waals surface area contributed by atoms with Gasteiger partial charge in [0, 0.05) is 12.9 Å². The Morgan fingerprint density at radius 1 is 1.60 bits per heavy atom. The highest BCUT2D eigenvalue weighted by molar-refractivity contribution is 7.45. The summed E-state index contributed by atoms with van der Waals surface area (Å²) in [5, 5.41) is 0. The van der Waals surface area contributed by atoms with Gasteiger partial charge in [0.15, 0.2) is 0 Å². The average Bonchev–Trinajstić information content (AvgIpc) is 2.20. The third-order valence-electron chi connectivity index (χ3n) is 1.20. The van der Waals surface area contributed by atoms with E-state index in [2.05, 4.69) is 11.6 Å². The van der Waals surface area contributed by atoms with Gasteiger partial charge in [0.1, 0.15) is 5.75 Å². The van der Waals surface area contributed by atoms with Crippen molar-refractivity contribution >= 4 is 8.38 Å². The quantitative estimate of drug-likeness (QED) is 0.634. The van der Waals surface area contributed by atoms with Crippen LogP contribution in [0, 0.1) is 0 Å². The molecule has 0 fully saturated rings. The van der Waals surface area contributed by atoms with Crippen LogP contribution in [0.15, 0.2) is 49.3 Å². The average molecular weight is 225 g/mol. The van der Waals surface area contributed by atoms with Crippen LogP contribution in [0.4, 0.5) is 0 Å². The van der Waals surface area contributed by atoms with Gasteiger partial charge in [-0.05, 0) is 19.1 Å². The summed E-state index contributed by atoms with van der Waals surface area (Å²) in [7, 11) is -1.32. The van der Waals surface area contributed by atoms with E-state index in [9.17, 15) is 0 Å². The SMILES string of the molecule is C=C/C=C\C.CP(O)Oc1cccnc1. The lowest BCUT2D eigenvalue weighted by Crippen LogP contribution is -1.83. The summed E-state index contributed by atoms with van der Waals surface area (Å²) in [6.07, 6.45) is 8.80. The molecule has 0 spiro atoms. The maximum Gasteiger partial charge on any atom is 0.224 e. The van der Waals surface area contributed by atoms with Crippen LogP contribution in [-0.2, 0) is 0 Å². The normalized spacial score (nSPS) is 11.4. The third kappa shape index (κ3) is 9.13. The Labute approximate surface area is 92.0 Å². The minimum Gasteiger partial charge on any atom is -0.446 e. The van der Waals surface area contributed by atoms with Gasteiger partial charge in [-0.1, -0.05) is 24.8 Å². The highest BCUT2D eigenvalue weighted by Crippen LogP contribution is 2.27. The molecule has 0 aromatic carbocycles. The van der Waals surface area contributed by atoms with Crippen molar-refractivity contribution < 1.29 is 9.42 Å². The first-order valence-electron chi connectivity index (χ1n) is 4.45. The number of rotatable bonds is 3. The molecule has 0 amide bonds. The molecule has 0 aliphatic heterocycles. The van der Waals surface area contributed by atoms with Crippen molar-refractivity contribution in [3.8, 4) is 5.75 Å². The van der Waals surface area contributed by atoms with Crippen LogP contribution in [0.2, 0.25) is 0 Å². The first-order chi connectivity index (χ1) is 7.20. The van der Waals surface area contributed by atoms with E-state index in [1.54, 1.807) is 37.3 Å². The number of hydrogen-bond donors (Lipinski definition) is 1. The van der Waals surface area contributed by atoms with Crippen LogP contribution >= 0.6 is 8.38 Å². The predicted molar refractivity (Wildman–Crippen MR) is 64.9 cm³/mol. The molecule has 1 heterocycles. The molecule has 1 aromatic rings. The van der Waals surface area contributed by atoms with E-state index in [0.717, 1.165) is 0 Å². The lowest BCUT2D eigenvalue weighted by atomic mass is 10.5. The van der Waals surface area contributed by atoms with Crippen LogP contribution in [0.3, 0.4) is 0 Å². The minimum absolute atomic E-state index is 0.610. The second-order valence-corrected chi connectivity index (χ2v) is 3.62. The summed E-state index contributed by atoms with van der Waals surface area (Å²) in [5.41, 5.74) is 0. The fourth-order valence-electron chi connectivity index (χ4n) is 0.690. The summed E-state index contributed by atoms with van der Waals surface area (Å²) in [6, 6.07) is 3.51. The van der Waals surface area contributed by atoms with Gasteiger partial charge in [0.05, 0.1) is 6.20 Å². The first kappa shape index (κ1) is 13.8. The van der Waals surface area contributed by atoms with Gasteiger partial charge in [-0.3, -0.25) is 4.98 Å². The van der Waals surface area contributed by atoms with Gasteiger partial charge in [-0.2, -0.15) is 0 Å². The number of hydrogen-bond acceptors (Lipinski definition) is 3. The Balaban J connectivity index is 0.000000336. The van der Waals surface area contributed by atoms with E-state index in [-0.39, 0.29) is 0 Å². The molecule has 4 heteroatoms. The highest BCUT2D eigenvalue weighted by atomic mass is 31.2. The molecule has 0 aliphatic rings. The Morgan fingerprint density at radius 3 is 2.67 bits per heavy atom. The first-order valence-corrected chi connectivity index (χ1v) is 6.11. The van der Waals surface area contributed by atoms with Crippen LogP contribution in [-0.4, -0.2) is 16.5 Å². The zero-order chi connectivity index (χ0) is 11.5. The summed E-state index contributed by atoms with van der Waals surface area (Å²) >= 11 is 0. The van der Waals surface area contributed by atoms with Crippen molar-refractivity contribution in [2.45, 2.75) is 6.92 Å². The van der Waals surface area contributed by atoms with Gasteiger partial charge in [-0.25, -0.2) is 0 Å². The largest absolute Gasteiger partial charge is 0.446 e. The monoisotopic (exact) mass is 225 g/mol. The van der Waals surface area contributed by atoms with Crippen LogP contribution in [0.25, 0.3) is 0 Å². The molecular weight excluding hydrogens is 209 g/mol. The molecule has 0 saturated heterocycles. The summed E-state index contributed by atoms with van der Waals surface area (Å²) in [6.45, 7) is 7.04. The van der Waals surface area contributed by atoms with Crippen molar-refractivity contribution in [2.24, 2.45) is 0 Å². The van der Waals surface area contributed by atoms with Crippen molar-refractivity contribution in [1.82, 2.24) is 4.98 Å². The van der Waals surface area contributed by atoms with Gasteiger partial charge in [-0.15, -0.1) is 0 Å². The Hall–Kier alpha value is -1.18. The number of aromatic nitrogens is 1. The minimum atomic E-state index is -1.32. The Kier molecular flexibility index (Phi) is 8.64. The predicted octanol–water partition coefficient (Wildman–Crippen LogP) is 3.14. The van der Waals surface area contributed by atoms with Gasteiger partial charge < -0.3 is 9.42 Å². The van der Waals surface area contributed by atoms with Crippen LogP contribution in [0.5, 0.6) is 5.75 Å². The molecule has 15 heavy (non-hydrogen) atoms. The van der Waals surface area contributed by atoms with Crippen molar-refractivity contribution in [3.63, 3.8) is 0 Å². The highest BCUT2D eigenvalue weighted by Gasteiger charge is 1.96. The molecule has 1 unspecified atom stereocenters. The topological polar surface area (TPSA) is 42.4 Å². The second kappa shape index (κ2) is 9.38. The fourth-order valence-corrected chi connectivity index (χ4v) is 1.10. The maximum absolute atomic E-state index is 8.82. The van der Waals surface area contributed by atoms with E-state index < -0.39 is 8.38 Å². The molecule has 0 aliphatic carbocycles. The van der Waals surface area contributed by atoms with E-state index in [4.69, 9.17) is 9.42 Å².